The van der Waals surface area contributed by atoms with Gasteiger partial charge in [-0.1, -0.05) is 41.9 Å². The van der Waals surface area contributed by atoms with Crippen LogP contribution >= 0.6 is 11.6 Å². The van der Waals surface area contributed by atoms with Crippen LogP contribution in [0.3, 0.4) is 0 Å². The van der Waals surface area contributed by atoms with Crippen LogP contribution in [0.4, 0.5) is 5.69 Å². The molecule has 1 atom stereocenters. The lowest BCUT2D eigenvalue weighted by Gasteiger charge is -2.32. The summed E-state index contributed by atoms with van der Waals surface area (Å²) in [6.45, 7) is 2.33. The fourth-order valence-electron chi connectivity index (χ4n) is 3.44. The van der Waals surface area contributed by atoms with Crippen molar-refractivity contribution in [1.29, 1.82) is 0 Å². The predicted octanol–water partition coefficient (Wildman–Crippen LogP) is 4.60. The summed E-state index contributed by atoms with van der Waals surface area (Å²) in [5.41, 5.74) is 4.56. The number of rotatable bonds is 4. The Morgan fingerprint density at radius 3 is 2.92 bits per heavy atom. The quantitative estimate of drug-likeness (QED) is 0.880. The molecule has 0 bridgehead atoms. The Balaban J connectivity index is 1.68. The van der Waals surface area contributed by atoms with Gasteiger partial charge in [0.25, 0.3) is 0 Å². The Kier molecular flexibility index (Phi) is 5.22. The second-order valence-corrected chi connectivity index (χ2v) is 6.97. The molecule has 126 valence electrons. The molecule has 0 saturated carbocycles. The summed E-state index contributed by atoms with van der Waals surface area (Å²) in [5.74, 6) is -0.00841. The van der Waals surface area contributed by atoms with Crippen LogP contribution in [-0.4, -0.2) is 24.4 Å². The van der Waals surface area contributed by atoms with E-state index in [2.05, 4.69) is 34.5 Å². The van der Waals surface area contributed by atoms with Crippen LogP contribution < -0.4 is 5.32 Å². The number of carbonyl (C=O) groups excluding carboxylic acids is 1. The summed E-state index contributed by atoms with van der Waals surface area (Å²) in [6.07, 6.45) is 3.40. The van der Waals surface area contributed by atoms with E-state index in [9.17, 15) is 4.79 Å². The molecule has 1 N–H and O–H groups in total. The molecule has 3 rings (SSSR count). The number of hydrogen-bond donors (Lipinski definition) is 1. The minimum absolute atomic E-state index is 0.00841. The van der Waals surface area contributed by atoms with Gasteiger partial charge in [-0.15, -0.1) is 0 Å². The highest BCUT2D eigenvalue weighted by molar-refractivity contribution is 6.31. The molecule has 0 aromatic heterocycles. The first-order chi connectivity index (χ1) is 11.5. The second-order valence-electron chi connectivity index (χ2n) is 6.53. The molecular formula is C20H23ClN2O. The normalized spacial score (nSPS) is 16.8. The average molecular weight is 343 g/mol. The van der Waals surface area contributed by atoms with Crippen LogP contribution in [0.5, 0.6) is 0 Å². The molecule has 1 aliphatic rings. The summed E-state index contributed by atoms with van der Waals surface area (Å²) in [4.78, 5) is 14.6. The van der Waals surface area contributed by atoms with Crippen LogP contribution in [0.1, 0.15) is 35.6 Å². The van der Waals surface area contributed by atoms with Gasteiger partial charge in [-0.05, 0) is 62.1 Å². The first-order valence-electron chi connectivity index (χ1n) is 8.38. The molecular weight excluding hydrogens is 320 g/mol. The first-order valence-corrected chi connectivity index (χ1v) is 8.76. The number of hydrogen-bond acceptors (Lipinski definition) is 2. The topological polar surface area (TPSA) is 32.3 Å². The molecule has 2 aromatic carbocycles. The number of anilines is 1. The second kappa shape index (κ2) is 7.37. The third-order valence-corrected chi connectivity index (χ3v) is 4.97. The summed E-state index contributed by atoms with van der Waals surface area (Å²) in [6, 6.07) is 14.4. The van der Waals surface area contributed by atoms with E-state index < -0.39 is 0 Å². The molecule has 0 radical (unpaired) electrons. The minimum atomic E-state index is -0.00841. The SMILES string of the molecule is Cc1ccc(Cl)cc1NC(=O)CN(C)[C@H]1CCCc2ccccc21. The summed E-state index contributed by atoms with van der Waals surface area (Å²) < 4.78 is 0. The van der Waals surface area contributed by atoms with Gasteiger partial charge in [-0.3, -0.25) is 9.69 Å². The zero-order chi connectivity index (χ0) is 17.1. The molecule has 1 amide bonds. The van der Waals surface area contributed by atoms with Crippen LogP contribution in [0, 0.1) is 6.92 Å². The largest absolute Gasteiger partial charge is 0.325 e. The van der Waals surface area contributed by atoms with Crippen LogP contribution in [0.15, 0.2) is 42.5 Å². The van der Waals surface area contributed by atoms with E-state index in [1.807, 2.05) is 26.1 Å². The number of nitrogens with one attached hydrogen (secondary N) is 1. The molecule has 0 unspecified atom stereocenters. The Bertz CT molecular complexity index is 744. The molecule has 3 nitrogen and oxygen atoms in total. The van der Waals surface area contributed by atoms with Crippen LogP contribution in [-0.2, 0) is 11.2 Å². The third kappa shape index (κ3) is 3.80. The van der Waals surface area contributed by atoms with Gasteiger partial charge in [0.15, 0.2) is 0 Å². The van der Waals surface area contributed by atoms with Crippen molar-refractivity contribution in [1.82, 2.24) is 4.90 Å². The zero-order valence-corrected chi connectivity index (χ0v) is 14.9. The van der Waals surface area contributed by atoms with Crippen LogP contribution in [0.25, 0.3) is 0 Å². The zero-order valence-electron chi connectivity index (χ0n) is 14.2. The van der Waals surface area contributed by atoms with E-state index in [0.717, 1.165) is 24.1 Å². The fourth-order valence-corrected chi connectivity index (χ4v) is 3.61. The molecule has 0 heterocycles. The van der Waals surface area contributed by atoms with E-state index in [-0.39, 0.29) is 5.91 Å². The smallest absolute Gasteiger partial charge is 0.238 e. The number of likely N-dealkylation sites (N-methyl/N-ethyl adjacent to an activating group) is 1. The summed E-state index contributed by atoms with van der Waals surface area (Å²) in [5, 5.41) is 3.61. The Morgan fingerprint density at radius 1 is 1.29 bits per heavy atom. The van der Waals surface area contributed by atoms with Gasteiger partial charge in [0, 0.05) is 16.8 Å². The first kappa shape index (κ1) is 17.0. The maximum Gasteiger partial charge on any atom is 0.238 e. The highest BCUT2D eigenvalue weighted by Crippen LogP contribution is 2.33. The minimum Gasteiger partial charge on any atom is -0.325 e. The van der Waals surface area contributed by atoms with Crippen molar-refractivity contribution in [3.05, 3.63) is 64.2 Å². The molecule has 1 aliphatic carbocycles. The average Bonchev–Trinajstić information content (AvgIpc) is 2.57. The van der Waals surface area contributed by atoms with Gasteiger partial charge in [-0.2, -0.15) is 0 Å². The lowest BCUT2D eigenvalue weighted by molar-refractivity contribution is -0.117. The molecule has 24 heavy (non-hydrogen) atoms. The Morgan fingerprint density at radius 2 is 2.08 bits per heavy atom. The predicted molar refractivity (Wildman–Crippen MR) is 99.6 cm³/mol. The van der Waals surface area contributed by atoms with Gasteiger partial charge in [0.2, 0.25) is 5.91 Å². The Labute approximate surface area is 148 Å². The lowest BCUT2D eigenvalue weighted by atomic mass is 9.87. The van der Waals surface area contributed by atoms with Crippen LogP contribution in [0.2, 0.25) is 5.02 Å². The number of amides is 1. The molecule has 0 spiro atoms. The molecule has 0 fully saturated rings. The van der Waals surface area contributed by atoms with Crippen molar-refractivity contribution in [3.8, 4) is 0 Å². The number of carbonyl (C=O) groups is 1. The van der Waals surface area contributed by atoms with E-state index in [1.165, 1.54) is 17.5 Å². The number of aryl methyl sites for hydroxylation is 2. The Hall–Kier alpha value is -1.84. The van der Waals surface area contributed by atoms with Gasteiger partial charge >= 0.3 is 0 Å². The lowest BCUT2D eigenvalue weighted by Crippen LogP contribution is -2.35. The van der Waals surface area contributed by atoms with Crippen molar-refractivity contribution in [2.75, 3.05) is 18.9 Å². The van der Waals surface area contributed by atoms with Crippen molar-refractivity contribution in [3.63, 3.8) is 0 Å². The van der Waals surface area contributed by atoms with Crippen molar-refractivity contribution in [2.24, 2.45) is 0 Å². The van der Waals surface area contributed by atoms with E-state index >= 15 is 0 Å². The van der Waals surface area contributed by atoms with Gasteiger partial charge < -0.3 is 5.32 Å². The maximum atomic E-state index is 12.4. The van der Waals surface area contributed by atoms with E-state index in [1.54, 1.807) is 6.07 Å². The fraction of sp³-hybridized carbons (Fsp3) is 0.350. The summed E-state index contributed by atoms with van der Waals surface area (Å²) >= 11 is 6.02. The van der Waals surface area contributed by atoms with Crippen molar-refractivity contribution < 1.29 is 4.79 Å². The van der Waals surface area contributed by atoms with E-state index in [0.29, 0.717) is 17.6 Å². The monoisotopic (exact) mass is 342 g/mol. The number of benzene rings is 2. The number of halogens is 1. The standard InChI is InChI=1S/C20H23ClN2O/c1-14-10-11-16(21)12-18(14)22-20(24)13-23(2)19-9-5-7-15-6-3-4-8-17(15)19/h3-4,6,8,10-12,19H,5,7,9,13H2,1-2H3,(H,22,24)/t19-/m0/s1. The molecule has 4 heteroatoms. The molecule has 0 aliphatic heterocycles. The maximum absolute atomic E-state index is 12.4. The van der Waals surface area contributed by atoms with Gasteiger partial charge in [-0.25, -0.2) is 0 Å². The van der Waals surface area contributed by atoms with Crippen molar-refractivity contribution in [2.45, 2.75) is 32.2 Å². The van der Waals surface area contributed by atoms with Gasteiger partial charge in [0.05, 0.1) is 6.54 Å². The highest BCUT2D eigenvalue weighted by atomic mass is 35.5. The molecule has 2 aromatic rings. The molecule has 0 saturated heterocycles. The van der Waals surface area contributed by atoms with E-state index in [4.69, 9.17) is 11.6 Å². The van der Waals surface area contributed by atoms with Crippen molar-refractivity contribution >= 4 is 23.2 Å². The summed E-state index contributed by atoms with van der Waals surface area (Å²) in [7, 11) is 2.02. The number of nitrogens with zero attached hydrogens (tertiary/aromatic N) is 1. The third-order valence-electron chi connectivity index (χ3n) is 4.74. The highest BCUT2D eigenvalue weighted by Gasteiger charge is 2.24. The van der Waals surface area contributed by atoms with Gasteiger partial charge in [0.1, 0.15) is 0 Å². The number of fused-ring (bicyclic) bond motifs is 1.